The molecule has 110 valence electrons. The number of amides is 1. The molecule has 0 bridgehead atoms. The summed E-state index contributed by atoms with van der Waals surface area (Å²) in [6.07, 6.45) is 2.95. The minimum absolute atomic E-state index is 0.244. The summed E-state index contributed by atoms with van der Waals surface area (Å²) in [6.45, 7) is 4.67. The Morgan fingerprint density at radius 3 is 3.00 bits per heavy atom. The number of hydrogen-bond acceptors (Lipinski definition) is 2. The van der Waals surface area contributed by atoms with Crippen molar-refractivity contribution in [2.45, 2.75) is 32.6 Å². The Hall–Kier alpha value is -1.33. The van der Waals surface area contributed by atoms with Crippen LogP contribution in [0.4, 0.5) is 4.39 Å². The van der Waals surface area contributed by atoms with Gasteiger partial charge in [0.1, 0.15) is 0 Å². The Kier molecular flexibility index (Phi) is 7.22. The van der Waals surface area contributed by atoms with Crippen molar-refractivity contribution in [1.29, 1.82) is 0 Å². The number of carbonyl (C=O) groups is 1. The van der Waals surface area contributed by atoms with Gasteiger partial charge in [-0.3, -0.25) is 14.2 Å². The van der Waals surface area contributed by atoms with Crippen LogP contribution in [0, 0.1) is 5.92 Å². The van der Waals surface area contributed by atoms with Crippen LogP contribution in [-0.2, 0) is 4.79 Å². The monoisotopic (exact) mass is 272 g/mol. The first-order valence-electron chi connectivity index (χ1n) is 7.04. The maximum atomic E-state index is 12.1. The number of aliphatic imine (C=N–C) groups is 1. The quantitative estimate of drug-likeness (QED) is 0.429. The summed E-state index contributed by atoms with van der Waals surface area (Å²) >= 11 is 0. The summed E-state index contributed by atoms with van der Waals surface area (Å²) in [5.41, 5.74) is 5.26. The summed E-state index contributed by atoms with van der Waals surface area (Å²) in [5.74, 6) is 0.882. The summed E-state index contributed by atoms with van der Waals surface area (Å²) in [6, 6.07) is 0. The Labute approximate surface area is 114 Å². The van der Waals surface area contributed by atoms with E-state index < -0.39 is 0 Å². The van der Waals surface area contributed by atoms with E-state index in [1.165, 1.54) is 0 Å². The highest BCUT2D eigenvalue weighted by atomic mass is 19.1. The van der Waals surface area contributed by atoms with Crippen LogP contribution in [0.15, 0.2) is 4.99 Å². The minimum Gasteiger partial charge on any atom is -0.370 e. The van der Waals surface area contributed by atoms with Gasteiger partial charge in [0.05, 0.1) is 6.67 Å². The van der Waals surface area contributed by atoms with E-state index in [1.807, 2.05) is 6.92 Å². The van der Waals surface area contributed by atoms with E-state index in [9.17, 15) is 9.18 Å². The molecule has 5 nitrogen and oxygen atoms in total. The molecule has 0 radical (unpaired) electrons. The highest BCUT2D eigenvalue weighted by molar-refractivity contribution is 5.80. The number of rotatable bonds is 6. The van der Waals surface area contributed by atoms with E-state index >= 15 is 0 Å². The van der Waals surface area contributed by atoms with E-state index in [0.717, 1.165) is 38.4 Å². The zero-order valence-electron chi connectivity index (χ0n) is 11.7. The van der Waals surface area contributed by atoms with Crippen LogP contribution in [0.25, 0.3) is 0 Å². The Balaban J connectivity index is 2.56. The molecule has 1 amide bonds. The third kappa shape index (κ3) is 5.89. The number of hydrogen-bond donors (Lipinski definition) is 2. The number of likely N-dealkylation sites (tertiary alicyclic amines) is 1. The maximum Gasteiger partial charge on any atom is 0.217 e. The number of guanidine groups is 1. The first-order chi connectivity index (χ1) is 9.17. The molecule has 6 heteroatoms. The van der Waals surface area contributed by atoms with E-state index in [4.69, 9.17) is 5.73 Å². The fraction of sp³-hybridized carbons (Fsp3) is 0.846. The van der Waals surface area contributed by atoms with Crippen molar-refractivity contribution in [3.8, 4) is 0 Å². The molecule has 0 spiro atoms. The number of piperidine rings is 1. The summed E-state index contributed by atoms with van der Waals surface area (Å²) in [4.78, 5) is 17.6. The van der Waals surface area contributed by atoms with Gasteiger partial charge in [-0.2, -0.15) is 0 Å². The maximum absolute atomic E-state index is 12.1. The van der Waals surface area contributed by atoms with Gasteiger partial charge in [0.15, 0.2) is 5.96 Å². The molecule has 0 aromatic heterocycles. The van der Waals surface area contributed by atoms with E-state index in [1.54, 1.807) is 0 Å². The standard InChI is InChI=1S/C13H25FN4O/c1-2-16-13(17-7-4-6-14)18-8-3-5-11(10-18)9-12(15)19/h11H,2-10H2,1H3,(H2,15,19)(H,16,17). The van der Waals surface area contributed by atoms with Crippen molar-refractivity contribution in [1.82, 2.24) is 10.2 Å². The minimum atomic E-state index is -0.340. The average Bonchev–Trinajstić information content (AvgIpc) is 2.37. The van der Waals surface area contributed by atoms with E-state index in [-0.39, 0.29) is 12.6 Å². The second kappa shape index (κ2) is 8.72. The van der Waals surface area contributed by atoms with Crippen molar-refractivity contribution in [3.05, 3.63) is 0 Å². The van der Waals surface area contributed by atoms with Crippen LogP contribution >= 0.6 is 0 Å². The lowest BCUT2D eigenvalue weighted by Gasteiger charge is -2.34. The third-order valence-corrected chi connectivity index (χ3v) is 3.20. The van der Waals surface area contributed by atoms with E-state index in [0.29, 0.717) is 25.3 Å². The van der Waals surface area contributed by atoms with Crippen LogP contribution in [-0.4, -0.2) is 49.6 Å². The molecule has 19 heavy (non-hydrogen) atoms. The number of carbonyl (C=O) groups excluding carboxylic acids is 1. The van der Waals surface area contributed by atoms with Gasteiger partial charge >= 0.3 is 0 Å². The first-order valence-corrected chi connectivity index (χ1v) is 7.04. The molecule has 0 aliphatic carbocycles. The molecule has 1 fully saturated rings. The lowest BCUT2D eigenvalue weighted by Crippen LogP contribution is -2.47. The predicted molar refractivity (Wildman–Crippen MR) is 74.7 cm³/mol. The van der Waals surface area contributed by atoms with Gasteiger partial charge in [0.2, 0.25) is 5.91 Å². The van der Waals surface area contributed by atoms with Crippen molar-refractivity contribution >= 4 is 11.9 Å². The number of nitrogens with one attached hydrogen (secondary N) is 1. The molecule has 1 unspecified atom stereocenters. The fourth-order valence-electron chi connectivity index (χ4n) is 2.38. The summed E-state index contributed by atoms with van der Waals surface area (Å²) in [7, 11) is 0. The van der Waals surface area contributed by atoms with Gasteiger partial charge in [-0.15, -0.1) is 0 Å². The largest absolute Gasteiger partial charge is 0.370 e. The molecule has 1 saturated heterocycles. The van der Waals surface area contributed by atoms with E-state index in [2.05, 4.69) is 15.2 Å². The molecule has 1 rings (SSSR count). The summed E-state index contributed by atoms with van der Waals surface area (Å²) in [5, 5.41) is 3.22. The summed E-state index contributed by atoms with van der Waals surface area (Å²) < 4.78 is 12.1. The fourth-order valence-corrected chi connectivity index (χ4v) is 2.38. The predicted octanol–water partition coefficient (Wildman–Crippen LogP) is 0.899. The van der Waals surface area contributed by atoms with Crippen LogP contribution in [0.1, 0.15) is 32.6 Å². The lowest BCUT2D eigenvalue weighted by molar-refractivity contribution is -0.119. The molecular formula is C13H25FN4O. The smallest absolute Gasteiger partial charge is 0.217 e. The second-order valence-electron chi connectivity index (χ2n) is 4.90. The Morgan fingerprint density at radius 2 is 2.37 bits per heavy atom. The van der Waals surface area contributed by atoms with Crippen LogP contribution in [0.5, 0.6) is 0 Å². The Morgan fingerprint density at radius 1 is 1.58 bits per heavy atom. The highest BCUT2D eigenvalue weighted by Crippen LogP contribution is 2.19. The zero-order valence-corrected chi connectivity index (χ0v) is 11.7. The third-order valence-electron chi connectivity index (χ3n) is 3.20. The molecule has 1 atom stereocenters. The van der Waals surface area contributed by atoms with Crippen LogP contribution < -0.4 is 11.1 Å². The van der Waals surface area contributed by atoms with Crippen molar-refractivity contribution in [2.75, 3.05) is 32.9 Å². The van der Waals surface area contributed by atoms with Gasteiger partial charge in [0, 0.05) is 32.6 Å². The van der Waals surface area contributed by atoms with Crippen molar-refractivity contribution < 1.29 is 9.18 Å². The zero-order chi connectivity index (χ0) is 14.1. The molecule has 3 N–H and O–H groups in total. The topological polar surface area (TPSA) is 70.7 Å². The van der Waals surface area contributed by atoms with Gasteiger partial charge in [-0.25, -0.2) is 0 Å². The SMILES string of the molecule is CCNC(=NCCCF)N1CCCC(CC(N)=O)C1. The highest BCUT2D eigenvalue weighted by Gasteiger charge is 2.23. The van der Waals surface area contributed by atoms with Crippen molar-refractivity contribution in [2.24, 2.45) is 16.6 Å². The molecular weight excluding hydrogens is 247 g/mol. The number of alkyl halides is 1. The number of halogens is 1. The van der Waals surface area contributed by atoms with Crippen LogP contribution in [0.2, 0.25) is 0 Å². The molecule has 0 aromatic rings. The van der Waals surface area contributed by atoms with Gasteiger partial charge < -0.3 is 16.0 Å². The molecule has 1 aliphatic heterocycles. The second-order valence-corrected chi connectivity index (χ2v) is 4.90. The number of primary amides is 1. The van der Waals surface area contributed by atoms with Gasteiger partial charge in [-0.05, 0) is 32.1 Å². The first kappa shape index (κ1) is 15.7. The molecule has 1 aliphatic rings. The normalized spacial score (nSPS) is 20.4. The molecule has 0 aromatic carbocycles. The molecule has 0 saturated carbocycles. The number of nitrogens with zero attached hydrogens (tertiary/aromatic N) is 2. The number of nitrogens with two attached hydrogens (primary N) is 1. The van der Waals surface area contributed by atoms with Gasteiger partial charge in [-0.1, -0.05) is 0 Å². The van der Waals surface area contributed by atoms with Gasteiger partial charge in [0.25, 0.3) is 0 Å². The Bertz CT molecular complexity index is 309. The van der Waals surface area contributed by atoms with Crippen LogP contribution in [0.3, 0.4) is 0 Å². The molecule has 1 heterocycles. The van der Waals surface area contributed by atoms with Crippen molar-refractivity contribution in [3.63, 3.8) is 0 Å². The average molecular weight is 272 g/mol. The lowest BCUT2D eigenvalue weighted by atomic mass is 9.95.